The van der Waals surface area contributed by atoms with Crippen LogP contribution < -0.4 is 11.2 Å². The van der Waals surface area contributed by atoms with Gasteiger partial charge in [0.2, 0.25) is 5.43 Å². The van der Waals surface area contributed by atoms with Gasteiger partial charge in [-0.2, -0.15) is 0 Å². The standard InChI is InChI=1S/C11H18N2O2/c1-11(2,3)10(15)7-13-5-4-9(14)8(12)6-13/h4-6,10,15H,7,12H2,1-3H3. The Morgan fingerprint density at radius 1 is 1.53 bits per heavy atom. The van der Waals surface area contributed by atoms with Gasteiger partial charge < -0.3 is 15.4 Å². The minimum atomic E-state index is -0.473. The number of aromatic nitrogens is 1. The average molecular weight is 210 g/mol. The summed E-state index contributed by atoms with van der Waals surface area (Å²) in [6.45, 7) is 6.32. The van der Waals surface area contributed by atoms with Crippen LogP contribution in [-0.4, -0.2) is 15.8 Å². The lowest BCUT2D eigenvalue weighted by Gasteiger charge is -2.26. The molecule has 15 heavy (non-hydrogen) atoms. The lowest BCUT2D eigenvalue weighted by Crippen LogP contribution is -2.30. The Morgan fingerprint density at radius 3 is 2.60 bits per heavy atom. The van der Waals surface area contributed by atoms with Gasteiger partial charge in [0.25, 0.3) is 0 Å². The van der Waals surface area contributed by atoms with E-state index >= 15 is 0 Å². The van der Waals surface area contributed by atoms with E-state index in [1.165, 1.54) is 6.07 Å². The molecule has 1 unspecified atom stereocenters. The Bertz CT molecular complexity index is 390. The number of hydrogen-bond donors (Lipinski definition) is 2. The molecule has 1 rings (SSSR count). The molecule has 84 valence electrons. The van der Waals surface area contributed by atoms with Crippen molar-refractivity contribution in [1.29, 1.82) is 0 Å². The summed E-state index contributed by atoms with van der Waals surface area (Å²) in [4.78, 5) is 11.1. The van der Waals surface area contributed by atoms with Crippen LogP contribution in [0.3, 0.4) is 0 Å². The molecule has 0 aliphatic heterocycles. The van der Waals surface area contributed by atoms with Gasteiger partial charge in [-0.1, -0.05) is 20.8 Å². The van der Waals surface area contributed by atoms with Crippen molar-refractivity contribution < 1.29 is 5.11 Å². The number of aliphatic hydroxyl groups excluding tert-OH is 1. The van der Waals surface area contributed by atoms with Crippen molar-refractivity contribution in [3.63, 3.8) is 0 Å². The molecule has 0 aliphatic carbocycles. The van der Waals surface area contributed by atoms with Crippen molar-refractivity contribution in [1.82, 2.24) is 4.57 Å². The molecule has 1 atom stereocenters. The Balaban J connectivity index is 2.82. The molecule has 1 heterocycles. The van der Waals surface area contributed by atoms with Crippen LogP contribution in [0.25, 0.3) is 0 Å². The Labute approximate surface area is 89.3 Å². The minimum Gasteiger partial charge on any atom is -0.394 e. The predicted molar refractivity (Wildman–Crippen MR) is 60.6 cm³/mol. The fourth-order valence-corrected chi connectivity index (χ4v) is 1.13. The van der Waals surface area contributed by atoms with E-state index in [0.29, 0.717) is 6.54 Å². The van der Waals surface area contributed by atoms with Crippen molar-refractivity contribution in [2.75, 3.05) is 5.73 Å². The second-order valence-corrected chi connectivity index (χ2v) is 4.84. The smallest absolute Gasteiger partial charge is 0.204 e. The van der Waals surface area contributed by atoms with Gasteiger partial charge in [0.15, 0.2) is 0 Å². The first kappa shape index (κ1) is 11.8. The van der Waals surface area contributed by atoms with Gasteiger partial charge in [-0.25, -0.2) is 0 Å². The number of nitrogen functional groups attached to an aromatic ring is 1. The first-order chi connectivity index (χ1) is 6.80. The number of anilines is 1. The molecule has 0 amide bonds. The molecular weight excluding hydrogens is 192 g/mol. The van der Waals surface area contributed by atoms with Gasteiger partial charge in [-0.15, -0.1) is 0 Å². The second kappa shape index (κ2) is 4.06. The van der Waals surface area contributed by atoms with Gasteiger partial charge in [-0.05, 0) is 5.41 Å². The van der Waals surface area contributed by atoms with Crippen LogP contribution in [0.2, 0.25) is 0 Å². The maximum Gasteiger partial charge on any atom is 0.204 e. The third-order valence-corrected chi connectivity index (χ3v) is 2.39. The fraction of sp³-hybridized carbons (Fsp3) is 0.545. The van der Waals surface area contributed by atoms with Crippen molar-refractivity contribution in [3.8, 4) is 0 Å². The fourth-order valence-electron chi connectivity index (χ4n) is 1.13. The SMILES string of the molecule is CC(C)(C)C(O)Cn1ccc(=O)c(N)c1. The van der Waals surface area contributed by atoms with Crippen LogP contribution in [0.4, 0.5) is 5.69 Å². The summed E-state index contributed by atoms with van der Waals surface area (Å²) in [5.74, 6) is 0. The predicted octanol–water partition coefficient (Wildman–Crippen LogP) is 0.838. The van der Waals surface area contributed by atoms with Crippen molar-refractivity contribution in [2.24, 2.45) is 5.41 Å². The molecule has 0 aromatic carbocycles. The van der Waals surface area contributed by atoms with Crippen LogP contribution in [0, 0.1) is 5.41 Å². The largest absolute Gasteiger partial charge is 0.394 e. The van der Waals surface area contributed by atoms with Gasteiger partial charge in [0, 0.05) is 25.0 Å². The monoisotopic (exact) mass is 210 g/mol. The highest BCUT2D eigenvalue weighted by molar-refractivity contribution is 5.33. The van der Waals surface area contributed by atoms with Gasteiger partial charge in [0.1, 0.15) is 0 Å². The Hall–Kier alpha value is -1.29. The van der Waals surface area contributed by atoms with Crippen LogP contribution in [0.15, 0.2) is 23.3 Å². The lowest BCUT2D eigenvalue weighted by molar-refractivity contribution is 0.0480. The summed E-state index contributed by atoms with van der Waals surface area (Å²) in [7, 11) is 0. The molecule has 4 heteroatoms. The molecule has 0 spiro atoms. The van der Waals surface area contributed by atoms with Crippen LogP contribution in [0.1, 0.15) is 20.8 Å². The van der Waals surface area contributed by atoms with E-state index in [4.69, 9.17) is 5.73 Å². The van der Waals surface area contributed by atoms with Gasteiger partial charge in [0.05, 0.1) is 11.8 Å². The summed E-state index contributed by atoms with van der Waals surface area (Å²) in [5, 5.41) is 9.86. The highest BCUT2D eigenvalue weighted by atomic mass is 16.3. The normalized spacial score (nSPS) is 13.9. The first-order valence-corrected chi connectivity index (χ1v) is 4.94. The molecule has 0 saturated heterocycles. The molecular formula is C11H18N2O2. The molecule has 0 aliphatic rings. The molecule has 1 aromatic rings. The van der Waals surface area contributed by atoms with Crippen LogP contribution >= 0.6 is 0 Å². The number of aliphatic hydroxyl groups is 1. The van der Waals surface area contributed by atoms with E-state index in [1.54, 1.807) is 17.0 Å². The van der Waals surface area contributed by atoms with E-state index in [0.717, 1.165) is 0 Å². The first-order valence-electron chi connectivity index (χ1n) is 4.94. The van der Waals surface area contributed by atoms with Crippen molar-refractivity contribution in [2.45, 2.75) is 33.4 Å². The summed E-state index contributed by atoms with van der Waals surface area (Å²) in [6, 6.07) is 1.41. The summed E-state index contributed by atoms with van der Waals surface area (Å²) >= 11 is 0. The number of nitrogens with zero attached hydrogens (tertiary/aromatic N) is 1. The average Bonchev–Trinajstić information content (AvgIpc) is 2.10. The molecule has 3 N–H and O–H groups in total. The van der Waals surface area contributed by atoms with E-state index in [2.05, 4.69) is 0 Å². The van der Waals surface area contributed by atoms with E-state index in [-0.39, 0.29) is 16.5 Å². The third kappa shape index (κ3) is 3.09. The number of rotatable bonds is 2. The molecule has 0 fully saturated rings. The third-order valence-electron chi connectivity index (χ3n) is 2.39. The highest BCUT2D eigenvalue weighted by Gasteiger charge is 2.21. The quantitative estimate of drug-likeness (QED) is 0.760. The van der Waals surface area contributed by atoms with Gasteiger partial charge >= 0.3 is 0 Å². The van der Waals surface area contributed by atoms with Crippen LogP contribution in [0.5, 0.6) is 0 Å². The molecule has 0 bridgehead atoms. The number of pyridine rings is 1. The molecule has 4 nitrogen and oxygen atoms in total. The minimum absolute atomic E-state index is 0.183. The van der Waals surface area contributed by atoms with E-state index in [9.17, 15) is 9.90 Å². The van der Waals surface area contributed by atoms with Crippen molar-refractivity contribution in [3.05, 3.63) is 28.7 Å². The summed E-state index contributed by atoms with van der Waals surface area (Å²) < 4.78 is 1.73. The summed E-state index contributed by atoms with van der Waals surface area (Å²) in [6.07, 6.45) is 2.71. The Morgan fingerprint density at radius 2 is 2.13 bits per heavy atom. The number of nitrogens with two attached hydrogens (primary N) is 1. The number of hydrogen-bond acceptors (Lipinski definition) is 3. The van der Waals surface area contributed by atoms with E-state index < -0.39 is 6.10 Å². The zero-order valence-electron chi connectivity index (χ0n) is 9.40. The lowest BCUT2D eigenvalue weighted by atomic mass is 9.89. The van der Waals surface area contributed by atoms with Crippen molar-refractivity contribution >= 4 is 5.69 Å². The molecule has 1 aromatic heterocycles. The Kier molecular flexibility index (Phi) is 3.19. The zero-order valence-corrected chi connectivity index (χ0v) is 9.40. The molecule has 0 radical (unpaired) electrons. The second-order valence-electron chi connectivity index (χ2n) is 4.84. The maximum absolute atomic E-state index is 11.1. The molecule has 0 saturated carbocycles. The van der Waals surface area contributed by atoms with Crippen LogP contribution in [-0.2, 0) is 6.54 Å². The zero-order chi connectivity index (χ0) is 11.6. The highest BCUT2D eigenvalue weighted by Crippen LogP contribution is 2.20. The maximum atomic E-state index is 11.1. The van der Waals surface area contributed by atoms with E-state index in [1.807, 2.05) is 20.8 Å². The summed E-state index contributed by atoms with van der Waals surface area (Å²) in [5.41, 5.74) is 5.33. The van der Waals surface area contributed by atoms with Gasteiger partial charge in [-0.3, -0.25) is 4.79 Å². The topological polar surface area (TPSA) is 68.2 Å².